The Morgan fingerprint density at radius 1 is 0.973 bits per heavy atom. The van der Waals surface area contributed by atoms with Gasteiger partial charge in [0.25, 0.3) is 5.91 Å². The van der Waals surface area contributed by atoms with Crippen LogP contribution in [0.5, 0.6) is 0 Å². The van der Waals surface area contributed by atoms with E-state index in [1.54, 1.807) is 16.7 Å². The molecule has 5 rings (SSSR count). The topological polar surface area (TPSA) is 66.5 Å². The fourth-order valence-electron chi connectivity index (χ4n) is 6.00. The van der Waals surface area contributed by atoms with Gasteiger partial charge in [-0.15, -0.1) is 11.8 Å². The highest BCUT2D eigenvalue weighted by Crippen LogP contribution is 2.40. The fourth-order valence-corrected chi connectivity index (χ4v) is 7.04. The highest BCUT2D eigenvalue weighted by atomic mass is 32.2. The number of carbonyl (C=O) groups excluding carboxylic acids is 3. The maximum Gasteiger partial charge on any atom is 0.255 e. The maximum absolute atomic E-state index is 13.1. The molecule has 1 atom stereocenters. The second-order valence-electron chi connectivity index (χ2n) is 11.8. The van der Waals surface area contributed by atoms with Crippen LogP contribution in [0.1, 0.15) is 92.3 Å². The third kappa shape index (κ3) is 6.11. The van der Waals surface area contributed by atoms with E-state index in [9.17, 15) is 14.4 Å². The minimum atomic E-state index is -0.576. The van der Waals surface area contributed by atoms with E-state index in [4.69, 9.17) is 0 Å². The number of imide groups is 1. The van der Waals surface area contributed by atoms with Gasteiger partial charge in [-0.3, -0.25) is 19.7 Å². The van der Waals surface area contributed by atoms with Crippen molar-refractivity contribution in [1.29, 1.82) is 0 Å². The average molecular weight is 519 g/mol. The first-order chi connectivity index (χ1) is 17.8. The minimum absolute atomic E-state index is 0.117. The van der Waals surface area contributed by atoms with Gasteiger partial charge in [0.2, 0.25) is 11.8 Å². The molecule has 6 heteroatoms. The third-order valence-corrected chi connectivity index (χ3v) is 9.66. The summed E-state index contributed by atoms with van der Waals surface area (Å²) in [5.74, 6) is 0.999. The summed E-state index contributed by atoms with van der Waals surface area (Å²) >= 11 is 1.74. The van der Waals surface area contributed by atoms with Gasteiger partial charge in [0, 0.05) is 29.2 Å². The normalized spacial score (nSPS) is 21.7. The summed E-state index contributed by atoms with van der Waals surface area (Å²) in [6.07, 6.45) is 9.96. The van der Waals surface area contributed by atoms with Crippen molar-refractivity contribution in [2.24, 2.45) is 11.3 Å². The lowest BCUT2D eigenvalue weighted by Gasteiger charge is -2.34. The van der Waals surface area contributed by atoms with Gasteiger partial charge in [-0.25, -0.2) is 0 Å². The van der Waals surface area contributed by atoms with Crippen molar-refractivity contribution in [1.82, 2.24) is 10.2 Å². The van der Waals surface area contributed by atoms with Crippen LogP contribution in [0.25, 0.3) is 0 Å². The molecule has 0 radical (unpaired) electrons. The smallest absolute Gasteiger partial charge is 0.255 e. The molecular formula is C31H38N2O3S. The van der Waals surface area contributed by atoms with E-state index in [0.29, 0.717) is 23.9 Å². The second-order valence-corrected chi connectivity index (χ2v) is 12.8. The van der Waals surface area contributed by atoms with Crippen molar-refractivity contribution in [3.63, 3.8) is 0 Å². The molecule has 2 fully saturated rings. The molecular weight excluding hydrogens is 480 g/mol. The molecule has 2 aromatic rings. The van der Waals surface area contributed by atoms with Crippen molar-refractivity contribution in [3.8, 4) is 0 Å². The molecule has 1 unspecified atom stereocenters. The lowest BCUT2D eigenvalue weighted by Crippen LogP contribution is -2.52. The van der Waals surface area contributed by atoms with Crippen molar-refractivity contribution in [2.75, 3.05) is 0 Å². The lowest BCUT2D eigenvalue weighted by atomic mass is 9.72. The van der Waals surface area contributed by atoms with Crippen molar-refractivity contribution >= 4 is 29.5 Å². The van der Waals surface area contributed by atoms with Gasteiger partial charge < -0.3 is 4.90 Å². The van der Waals surface area contributed by atoms with Crippen LogP contribution >= 0.6 is 11.8 Å². The van der Waals surface area contributed by atoms with Gasteiger partial charge in [0.05, 0.1) is 0 Å². The summed E-state index contributed by atoms with van der Waals surface area (Å²) in [4.78, 5) is 39.6. The molecule has 2 aromatic carbocycles. The third-order valence-electron chi connectivity index (χ3n) is 8.49. The van der Waals surface area contributed by atoms with Crippen LogP contribution in [0, 0.1) is 11.3 Å². The number of fused-ring (bicyclic) bond motifs is 1. The average Bonchev–Trinajstić information content (AvgIpc) is 3.21. The van der Waals surface area contributed by atoms with Crippen LogP contribution in [0.4, 0.5) is 0 Å². The Hall–Kier alpha value is -2.60. The van der Waals surface area contributed by atoms with Crippen LogP contribution in [0.15, 0.2) is 47.4 Å². The molecule has 0 bridgehead atoms. The summed E-state index contributed by atoms with van der Waals surface area (Å²) in [7, 11) is 0. The number of thioether (sulfide) groups is 1. The molecule has 196 valence electrons. The monoisotopic (exact) mass is 518 g/mol. The number of piperidine rings is 1. The van der Waals surface area contributed by atoms with Crippen LogP contribution in [-0.4, -0.2) is 28.7 Å². The zero-order valence-electron chi connectivity index (χ0n) is 22.1. The van der Waals surface area contributed by atoms with Crippen LogP contribution in [0.3, 0.4) is 0 Å². The van der Waals surface area contributed by atoms with Gasteiger partial charge in [0.15, 0.2) is 0 Å². The zero-order chi connectivity index (χ0) is 26.0. The van der Waals surface area contributed by atoms with Crippen LogP contribution in [-0.2, 0) is 28.3 Å². The van der Waals surface area contributed by atoms with Crippen LogP contribution < -0.4 is 5.32 Å². The van der Waals surface area contributed by atoms with Gasteiger partial charge in [-0.2, -0.15) is 0 Å². The highest BCUT2D eigenvalue weighted by molar-refractivity contribution is 7.98. The Kier molecular flexibility index (Phi) is 7.75. The number of aryl methyl sites for hydroxylation is 1. The highest BCUT2D eigenvalue weighted by Gasteiger charge is 2.39. The van der Waals surface area contributed by atoms with E-state index in [1.165, 1.54) is 49.7 Å². The van der Waals surface area contributed by atoms with Gasteiger partial charge >= 0.3 is 0 Å². The molecule has 0 spiro atoms. The summed E-state index contributed by atoms with van der Waals surface area (Å²) in [5.41, 5.74) is 4.90. The Morgan fingerprint density at radius 2 is 1.70 bits per heavy atom. The maximum atomic E-state index is 13.1. The quantitative estimate of drug-likeness (QED) is 0.330. The van der Waals surface area contributed by atoms with Crippen molar-refractivity contribution < 1.29 is 14.4 Å². The molecule has 37 heavy (non-hydrogen) atoms. The number of nitrogens with one attached hydrogen (secondary N) is 1. The summed E-state index contributed by atoms with van der Waals surface area (Å²) in [6, 6.07) is 14.2. The summed E-state index contributed by atoms with van der Waals surface area (Å²) in [5, 5.41) is 2.37. The molecule has 1 saturated carbocycles. The largest absolute Gasteiger partial charge is 0.322 e. The van der Waals surface area contributed by atoms with Gasteiger partial charge in [-0.1, -0.05) is 50.6 Å². The zero-order valence-corrected chi connectivity index (χ0v) is 22.9. The molecule has 5 nitrogen and oxygen atoms in total. The molecule has 2 heterocycles. The van der Waals surface area contributed by atoms with E-state index < -0.39 is 6.04 Å². The Labute approximate surface area is 224 Å². The minimum Gasteiger partial charge on any atom is -0.322 e. The fraction of sp³-hybridized carbons (Fsp3) is 0.516. The number of benzene rings is 2. The first-order valence-electron chi connectivity index (χ1n) is 13.8. The number of carbonyl (C=O) groups is 3. The molecule has 0 aromatic heterocycles. The SMILES string of the molecule is CC1(C)CCC(CCCc2ccc(CSc3cccc4c3CN(C3CCC(=O)NC3=O)C4=O)cc2)CC1. The Morgan fingerprint density at radius 3 is 2.43 bits per heavy atom. The molecule has 1 saturated heterocycles. The van der Waals surface area contributed by atoms with Crippen molar-refractivity contribution in [2.45, 2.75) is 94.9 Å². The van der Waals surface area contributed by atoms with Crippen molar-refractivity contribution in [3.05, 3.63) is 64.7 Å². The predicted molar refractivity (Wildman–Crippen MR) is 147 cm³/mol. The number of hydrogen-bond acceptors (Lipinski definition) is 4. The molecule has 3 amide bonds. The number of nitrogens with zero attached hydrogens (tertiary/aromatic N) is 1. The van der Waals surface area contributed by atoms with Gasteiger partial charge in [0.1, 0.15) is 6.04 Å². The lowest BCUT2D eigenvalue weighted by molar-refractivity contribution is -0.136. The summed E-state index contributed by atoms with van der Waals surface area (Å²) in [6.45, 7) is 5.23. The Bertz CT molecular complexity index is 1160. The van der Waals surface area contributed by atoms with E-state index in [0.717, 1.165) is 28.6 Å². The molecule has 1 N–H and O–H groups in total. The Balaban J connectivity index is 1.13. The van der Waals surface area contributed by atoms with Crippen LogP contribution in [0.2, 0.25) is 0 Å². The van der Waals surface area contributed by atoms with E-state index in [2.05, 4.69) is 49.5 Å². The molecule has 2 aliphatic heterocycles. The molecule has 1 aliphatic carbocycles. The first kappa shape index (κ1) is 26.0. The second kappa shape index (κ2) is 11.0. The van der Waals surface area contributed by atoms with Gasteiger partial charge in [-0.05, 0) is 85.1 Å². The number of rotatable bonds is 8. The predicted octanol–water partition coefficient (Wildman–Crippen LogP) is 6.28. The first-order valence-corrected chi connectivity index (χ1v) is 14.7. The molecule has 3 aliphatic rings. The number of amides is 3. The number of hydrogen-bond donors (Lipinski definition) is 1. The van der Waals surface area contributed by atoms with E-state index in [1.807, 2.05) is 12.1 Å². The summed E-state index contributed by atoms with van der Waals surface area (Å²) < 4.78 is 0. The van der Waals surface area contributed by atoms with E-state index >= 15 is 0 Å². The standard InChI is InChI=1S/C31H38N2O3S/c1-31(2)17-15-22(16-18-31)6-3-5-21-9-11-23(12-10-21)20-37-27-8-4-7-24-25(27)19-33(30(24)36)26-13-14-28(34)32-29(26)35/h4,7-12,22,26H,3,5-6,13-20H2,1-2H3,(H,32,34,35). The van der Waals surface area contributed by atoms with E-state index in [-0.39, 0.29) is 24.1 Å².